The molecule has 0 aromatic heterocycles. The van der Waals surface area contributed by atoms with Gasteiger partial charge < -0.3 is 19.9 Å². The number of amides is 1. The lowest BCUT2D eigenvalue weighted by molar-refractivity contribution is -0.149. The molecule has 0 radical (unpaired) electrons. The standard InChI is InChI=1S/C15H19NO5/c1-10(21-12-5-3-4-11(8-12)20-2)9-16-13(17)15(6-7-15)14(18)19/h3-5,8,10H,6-7,9H2,1-2H3,(H,16,17)(H,18,19). The van der Waals surface area contributed by atoms with Crippen LogP contribution in [0.2, 0.25) is 0 Å². The van der Waals surface area contributed by atoms with E-state index in [0.717, 1.165) is 0 Å². The number of nitrogens with one attached hydrogen (secondary N) is 1. The van der Waals surface area contributed by atoms with Crippen molar-refractivity contribution in [2.24, 2.45) is 5.41 Å². The molecule has 0 aliphatic heterocycles. The monoisotopic (exact) mass is 293 g/mol. The smallest absolute Gasteiger partial charge is 0.319 e. The minimum Gasteiger partial charge on any atom is -0.497 e. The highest BCUT2D eigenvalue weighted by molar-refractivity contribution is 6.04. The maximum Gasteiger partial charge on any atom is 0.319 e. The summed E-state index contributed by atoms with van der Waals surface area (Å²) in [5.41, 5.74) is -1.21. The van der Waals surface area contributed by atoms with Gasteiger partial charge in [0.25, 0.3) is 0 Å². The number of ether oxygens (including phenoxy) is 2. The van der Waals surface area contributed by atoms with Crippen molar-refractivity contribution in [3.8, 4) is 11.5 Å². The van der Waals surface area contributed by atoms with Crippen LogP contribution in [0.25, 0.3) is 0 Å². The van der Waals surface area contributed by atoms with Crippen molar-refractivity contribution in [2.45, 2.75) is 25.9 Å². The number of carboxylic acids is 1. The summed E-state index contributed by atoms with van der Waals surface area (Å²) < 4.78 is 10.8. The van der Waals surface area contributed by atoms with E-state index in [1.165, 1.54) is 0 Å². The third-order valence-corrected chi connectivity index (χ3v) is 3.52. The molecule has 21 heavy (non-hydrogen) atoms. The van der Waals surface area contributed by atoms with E-state index in [1.54, 1.807) is 26.2 Å². The zero-order valence-electron chi connectivity index (χ0n) is 12.1. The van der Waals surface area contributed by atoms with Crippen LogP contribution in [0, 0.1) is 5.41 Å². The van der Waals surface area contributed by atoms with Gasteiger partial charge in [0.05, 0.1) is 13.7 Å². The number of benzene rings is 1. The number of carbonyl (C=O) groups is 2. The molecule has 0 saturated heterocycles. The molecule has 0 heterocycles. The molecule has 1 saturated carbocycles. The molecular formula is C15H19NO5. The molecule has 0 spiro atoms. The average Bonchev–Trinajstić information content (AvgIpc) is 3.26. The lowest BCUT2D eigenvalue weighted by Gasteiger charge is -2.17. The highest BCUT2D eigenvalue weighted by Crippen LogP contribution is 2.46. The number of rotatable bonds is 7. The summed E-state index contributed by atoms with van der Waals surface area (Å²) in [6.45, 7) is 2.06. The van der Waals surface area contributed by atoms with E-state index in [-0.39, 0.29) is 12.6 Å². The molecule has 1 unspecified atom stereocenters. The molecular weight excluding hydrogens is 274 g/mol. The summed E-state index contributed by atoms with van der Waals surface area (Å²) in [5, 5.41) is 11.7. The third kappa shape index (κ3) is 3.45. The Bertz CT molecular complexity index is 539. The number of carboxylic acid groups (broad SMARTS) is 1. The van der Waals surface area contributed by atoms with Gasteiger partial charge in [0.2, 0.25) is 5.91 Å². The minimum absolute atomic E-state index is 0.255. The van der Waals surface area contributed by atoms with Crippen molar-refractivity contribution in [2.75, 3.05) is 13.7 Å². The first-order chi connectivity index (χ1) is 9.98. The van der Waals surface area contributed by atoms with Gasteiger partial charge in [-0.05, 0) is 31.9 Å². The fraction of sp³-hybridized carbons (Fsp3) is 0.467. The van der Waals surface area contributed by atoms with E-state index in [0.29, 0.717) is 24.3 Å². The number of hydrogen-bond donors (Lipinski definition) is 2. The second kappa shape index (κ2) is 6.03. The molecule has 1 atom stereocenters. The lowest BCUT2D eigenvalue weighted by Crippen LogP contribution is -2.41. The molecule has 0 bridgehead atoms. The highest BCUT2D eigenvalue weighted by atomic mass is 16.5. The summed E-state index contributed by atoms with van der Waals surface area (Å²) in [4.78, 5) is 22.9. The normalized spacial score (nSPS) is 16.7. The Balaban J connectivity index is 1.83. The molecule has 1 fully saturated rings. The van der Waals surface area contributed by atoms with Crippen LogP contribution in [0.5, 0.6) is 11.5 Å². The Labute approximate surface area is 123 Å². The average molecular weight is 293 g/mol. The molecule has 2 N–H and O–H groups in total. The number of methoxy groups -OCH3 is 1. The van der Waals surface area contributed by atoms with Crippen LogP contribution >= 0.6 is 0 Å². The van der Waals surface area contributed by atoms with Gasteiger partial charge in [-0.1, -0.05) is 6.07 Å². The van der Waals surface area contributed by atoms with Gasteiger partial charge in [-0.2, -0.15) is 0 Å². The topological polar surface area (TPSA) is 84.9 Å². The van der Waals surface area contributed by atoms with E-state index in [2.05, 4.69) is 5.32 Å². The van der Waals surface area contributed by atoms with Crippen LogP contribution < -0.4 is 14.8 Å². The number of hydrogen-bond acceptors (Lipinski definition) is 4. The van der Waals surface area contributed by atoms with Crippen molar-refractivity contribution >= 4 is 11.9 Å². The van der Waals surface area contributed by atoms with Crippen LogP contribution in [0.1, 0.15) is 19.8 Å². The zero-order valence-corrected chi connectivity index (χ0v) is 12.1. The summed E-state index contributed by atoms with van der Waals surface area (Å²) >= 11 is 0. The van der Waals surface area contributed by atoms with Gasteiger partial charge in [0.15, 0.2) is 0 Å². The van der Waals surface area contributed by atoms with E-state index >= 15 is 0 Å². The Morgan fingerprint density at radius 1 is 1.38 bits per heavy atom. The van der Waals surface area contributed by atoms with Gasteiger partial charge in [-0.15, -0.1) is 0 Å². The molecule has 1 amide bonds. The Morgan fingerprint density at radius 2 is 2.05 bits per heavy atom. The first kappa shape index (κ1) is 15.2. The van der Waals surface area contributed by atoms with E-state index in [9.17, 15) is 9.59 Å². The number of carbonyl (C=O) groups excluding carboxylic acids is 1. The van der Waals surface area contributed by atoms with Gasteiger partial charge >= 0.3 is 5.97 Å². The van der Waals surface area contributed by atoms with Gasteiger partial charge in [-0.3, -0.25) is 9.59 Å². The highest BCUT2D eigenvalue weighted by Gasteiger charge is 2.57. The fourth-order valence-electron chi connectivity index (χ4n) is 2.02. The van der Waals surface area contributed by atoms with Crippen LogP contribution in [0.15, 0.2) is 24.3 Å². The fourth-order valence-corrected chi connectivity index (χ4v) is 2.02. The first-order valence-electron chi connectivity index (χ1n) is 6.80. The van der Waals surface area contributed by atoms with E-state index in [1.807, 2.05) is 12.1 Å². The number of aliphatic carboxylic acids is 1. The third-order valence-electron chi connectivity index (χ3n) is 3.52. The maximum absolute atomic E-state index is 11.9. The molecule has 2 rings (SSSR count). The van der Waals surface area contributed by atoms with Crippen molar-refractivity contribution in [3.63, 3.8) is 0 Å². The lowest BCUT2D eigenvalue weighted by atomic mass is 10.1. The second-order valence-electron chi connectivity index (χ2n) is 5.20. The summed E-state index contributed by atoms with van der Waals surface area (Å²) in [7, 11) is 1.57. The van der Waals surface area contributed by atoms with Crippen molar-refractivity contribution in [1.82, 2.24) is 5.32 Å². The van der Waals surface area contributed by atoms with E-state index < -0.39 is 17.3 Å². The molecule has 1 aromatic carbocycles. The van der Waals surface area contributed by atoms with Gasteiger partial charge in [-0.25, -0.2) is 0 Å². The maximum atomic E-state index is 11.9. The molecule has 114 valence electrons. The minimum atomic E-state index is -1.21. The predicted octanol–water partition coefficient (Wildman–Crippen LogP) is 1.44. The van der Waals surface area contributed by atoms with Crippen molar-refractivity contribution in [1.29, 1.82) is 0 Å². The van der Waals surface area contributed by atoms with Gasteiger partial charge in [0.1, 0.15) is 23.0 Å². The molecule has 6 nitrogen and oxygen atoms in total. The van der Waals surface area contributed by atoms with Crippen LogP contribution in [-0.4, -0.2) is 36.7 Å². The Morgan fingerprint density at radius 3 is 2.62 bits per heavy atom. The predicted molar refractivity (Wildman–Crippen MR) is 75.4 cm³/mol. The zero-order chi connectivity index (χ0) is 15.5. The largest absolute Gasteiger partial charge is 0.497 e. The molecule has 1 aliphatic rings. The Kier molecular flexibility index (Phi) is 4.35. The summed E-state index contributed by atoms with van der Waals surface area (Å²) in [5.74, 6) is -0.167. The molecule has 1 aromatic rings. The molecule has 1 aliphatic carbocycles. The second-order valence-corrected chi connectivity index (χ2v) is 5.20. The van der Waals surface area contributed by atoms with E-state index in [4.69, 9.17) is 14.6 Å². The molecule has 6 heteroatoms. The quantitative estimate of drug-likeness (QED) is 0.743. The van der Waals surface area contributed by atoms with Crippen molar-refractivity contribution in [3.05, 3.63) is 24.3 Å². The first-order valence-corrected chi connectivity index (χ1v) is 6.80. The summed E-state index contributed by atoms with van der Waals surface area (Å²) in [6, 6.07) is 7.16. The Hall–Kier alpha value is -2.24. The van der Waals surface area contributed by atoms with Gasteiger partial charge in [0, 0.05) is 6.07 Å². The van der Waals surface area contributed by atoms with Crippen molar-refractivity contribution < 1.29 is 24.2 Å². The summed E-state index contributed by atoms with van der Waals surface area (Å²) in [6.07, 6.45) is 0.532. The SMILES string of the molecule is COc1cccc(OC(C)CNC(=O)C2(C(=O)O)CC2)c1. The van der Waals surface area contributed by atoms with Crippen LogP contribution in [-0.2, 0) is 9.59 Å². The van der Waals surface area contributed by atoms with Crippen LogP contribution in [0.3, 0.4) is 0 Å². The van der Waals surface area contributed by atoms with Crippen LogP contribution in [0.4, 0.5) is 0 Å².